The van der Waals surface area contributed by atoms with E-state index in [0.29, 0.717) is 5.92 Å². The first-order valence-corrected chi connectivity index (χ1v) is 6.99. The van der Waals surface area contributed by atoms with E-state index >= 15 is 0 Å². The molecule has 2 aliphatic rings. The van der Waals surface area contributed by atoms with Crippen LogP contribution in [0.25, 0.3) is 0 Å². The molecule has 2 aliphatic heterocycles. The SMILES string of the molecule is O=C(NC1CN2CC[C@H]1C2)c1ccc(Cl)c(C(F)(F)F)n1. The molecule has 1 amide bonds. The number of fused-ring (bicyclic) bond motifs is 2. The van der Waals surface area contributed by atoms with E-state index < -0.39 is 22.8 Å². The van der Waals surface area contributed by atoms with E-state index in [2.05, 4.69) is 15.2 Å². The molecule has 0 spiro atoms. The zero-order chi connectivity index (χ0) is 15.2. The van der Waals surface area contributed by atoms with Crippen LogP contribution in [-0.4, -0.2) is 41.5 Å². The largest absolute Gasteiger partial charge is 0.434 e. The van der Waals surface area contributed by atoms with Gasteiger partial charge in [-0.25, -0.2) is 4.98 Å². The molecule has 2 unspecified atom stereocenters. The van der Waals surface area contributed by atoms with Gasteiger partial charge in [0.25, 0.3) is 5.91 Å². The Morgan fingerprint density at radius 1 is 1.38 bits per heavy atom. The summed E-state index contributed by atoms with van der Waals surface area (Å²) in [5.74, 6) is -0.209. The van der Waals surface area contributed by atoms with Crippen LogP contribution in [-0.2, 0) is 6.18 Å². The lowest BCUT2D eigenvalue weighted by Gasteiger charge is -2.23. The number of amides is 1. The van der Waals surface area contributed by atoms with Crippen molar-refractivity contribution < 1.29 is 18.0 Å². The first kappa shape index (κ1) is 14.6. The highest BCUT2D eigenvalue weighted by Crippen LogP contribution is 2.33. The second-order valence-corrected chi connectivity index (χ2v) is 5.82. The average molecular weight is 320 g/mol. The number of pyridine rings is 1. The van der Waals surface area contributed by atoms with Crippen LogP contribution in [0.1, 0.15) is 22.6 Å². The third-order valence-electron chi connectivity index (χ3n) is 4.00. The van der Waals surface area contributed by atoms with Crippen molar-refractivity contribution in [1.29, 1.82) is 0 Å². The van der Waals surface area contributed by atoms with Gasteiger partial charge in [-0.3, -0.25) is 4.79 Å². The number of nitrogens with one attached hydrogen (secondary N) is 1. The summed E-state index contributed by atoms with van der Waals surface area (Å²) >= 11 is 5.49. The Kier molecular flexibility index (Phi) is 3.57. The molecule has 21 heavy (non-hydrogen) atoms. The van der Waals surface area contributed by atoms with Gasteiger partial charge in [-0.2, -0.15) is 13.2 Å². The summed E-state index contributed by atoms with van der Waals surface area (Å²) < 4.78 is 38.2. The van der Waals surface area contributed by atoms with Gasteiger partial charge in [0.05, 0.1) is 5.02 Å². The minimum atomic E-state index is -4.68. The van der Waals surface area contributed by atoms with E-state index in [0.717, 1.165) is 32.1 Å². The molecule has 4 nitrogen and oxygen atoms in total. The van der Waals surface area contributed by atoms with Gasteiger partial charge < -0.3 is 10.2 Å². The smallest absolute Gasteiger partial charge is 0.346 e. The minimum absolute atomic E-state index is 0.0157. The van der Waals surface area contributed by atoms with Crippen molar-refractivity contribution in [1.82, 2.24) is 15.2 Å². The van der Waals surface area contributed by atoms with Crippen LogP contribution >= 0.6 is 11.6 Å². The summed E-state index contributed by atoms with van der Waals surface area (Å²) in [5, 5.41) is 2.26. The lowest BCUT2D eigenvalue weighted by molar-refractivity contribution is -0.141. The van der Waals surface area contributed by atoms with E-state index in [9.17, 15) is 18.0 Å². The maximum absolute atomic E-state index is 12.7. The molecule has 1 aromatic heterocycles. The van der Waals surface area contributed by atoms with E-state index in [1.165, 1.54) is 6.07 Å². The Balaban J connectivity index is 1.76. The molecular formula is C13H13ClF3N3O. The first-order valence-electron chi connectivity index (χ1n) is 6.61. The summed E-state index contributed by atoms with van der Waals surface area (Å²) in [6.07, 6.45) is -3.67. The van der Waals surface area contributed by atoms with E-state index in [1.807, 2.05) is 0 Å². The maximum Gasteiger partial charge on any atom is 0.434 e. The Bertz CT molecular complexity index is 578. The number of carbonyl (C=O) groups is 1. The average Bonchev–Trinajstić information content (AvgIpc) is 3.00. The van der Waals surface area contributed by atoms with E-state index in [-0.39, 0.29) is 11.7 Å². The highest BCUT2D eigenvalue weighted by molar-refractivity contribution is 6.31. The van der Waals surface area contributed by atoms with Gasteiger partial charge >= 0.3 is 6.18 Å². The molecule has 2 bridgehead atoms. The quantitative estimate of drug-likeness (QED) is 0.909. The van der Waals surface area contributed by atoms with Crippen LogP contribution in [0, 0.1) is 5.92 Å². The van der Waals surface area contributed by atoms with Crippen molar-refractivity contribution in [2.75, 3.05) is 19.6 Å². The standard InChI is InChI=1S/C13H13ClF3N3O/c14-8-1-2-9(18-11(8)13(15,16)17)12(21)19-10-6-20-4-3-7(10)5-20/h1-2,7,10H,3-6H2,(H,19,21)/t7-,10?/m0/s1. The third kappa shape index (κ3) is 2.85. The number of piperidine rings is 1. The summed E-state index contributed by atoms with van der Waals surface area (Å²) in [7, 11) is 0. The molecule has 1 aromatic rings. The monoisotopic (exact) mass is 319 g/mol. The fraction of sp³-hybridized carbons (Fsp3) is 0.538. The molecule has 3 rings (SSSR count). The number of hydrogen-bond acceptors (Lipinski definition) is 3. The topological polar surface area (TPSA) is 45.2 Å². The van der Waals surface area contributed by atoms with Crippen LogP contribution < -0.4 is 5.32 Å². The van der Waals surface area contributed by atoms with E-state index in [1.54, 1.807) is 0 Å². The summed E-state index contributed by atoms with van der Waals surface area (Å²) in [4.78, 5) is 17.7. The Labute approximate surface area is 124 Å². The van der Waals surface area contributed by atoms with Gasteiger partial charge in [0, 0.05) is 19.1 Å². The van der Waals surface area contributed by atoms with Gasteiger partial charge in [0.15, 0.2) is 5.69 Å². The third-order valence-corrected chi connectivity index (χ3v) is 4.30. The summed E-state index contributed by atoms with van der Waals surface area (Å²) in [6.45, 7) is 2.71. The molecule has 1 N–H and O–H groups in total. The van der Waals surface area contributed by atoms with Crippen molar-refractivity contribution in [3.8, 4) is 0 Å². The van der Waals surface area contributed by atoms with Gasteiger partial charge in [-0.1, -0.05) is 11.6 Å². The Morgan fingerprint density at radius 2 is 2.14 bits per heavy atom. The predicted molar refractivity (Wildman–Crippen MR) is 70.1 cm³/mol. The van der Waals surface area contributed by atoms with Crippen molar-refractivity contribution in [3.05, 3.63) is 28.5 Å². The van der Waals surface area contributed by atoms with Crippen LogP contribution in [0.5, 0.6) is 0 Å². The van der Waals surface area contributed by atoms with Crippen molar-refractivity contribution >= 4 is 17.5 Å². The number of carbonyl (C=O) groups excluding carboxylic acids is 1. The second kappa shape index (κ2) is 5.14. The number of aromatic nitrogens is 1. The van der Waals surface area contributed by atoms with Gasteiger partial charge in [-0.15, -0.1) is 0 Å². The minimum Gasteiger partial charge on any atom is -0.346 e. The molecule has 8 heteroatoms. The number of halogens is 4. The summed E-state index contributed by atoms with van der Waals surface area (Å²) in [5.41, 5.74) is -1.49. The fourth-order valence-electron chi connectivity index (χ4n) is 2.96. The molecule has 2 saturated heterocycles. The Hall–Kier alpha value is -1.34. The van der Waals surface area contributed by atoms with Crippen molar-refractivity contribution in [3.63, 3.8) is 0 Å². The molecule has 3 atom stereocenters. The zero-order valence-electron chi connectivity index (χ0n) is 11.0. The molecule has 114 valence electrons. The Morgan fingerprint density at radius 3 is 2.71 bits per heavy atom. The zero-order valence-corrected chi connectivity index (χ0v) is 11.7. The molecule has 2 fully saturated rings. The molecule has 0 aromatic carbocycles. The maximum atomic E-state index is 12.7. The van der Waals surface area contributed by atoms with Crippen molar-refractivity contribution in [2.45, 2.75) is 18.6 Å². The van der Waals surface area contributed by atoms with Gasteiger partial charge in [-0.05, 0) is 31.0 Å². The number of rotatable bonds is 2. The molecule has 0 aliphatic carbocycles. The highest BCUT2D eigenvalue weighted by Gasteiger charge is 2.39. The van der Waals surface area contributed by atoms with E-state index in [4.69, 9.17) is 11.6 Å². The lowest BCUT2D eigenvalue weighted by atomic mass is 10.00. The van der Waals surface area contributed by atoms with Gasteiger partial charge in [0.2, 0.25) is 0 Å². The number of hydrogen-bond donors (Lipinski definition) is 1. The van der Waals surface area contributed by atoms with Crippen LogP contribution in [0.2, 0.25) is 5.02 Å². The lowest BCUT2D eigenvalue weighted by Crippen LogP contribution is -2.43. The molecule has 0 radical (unpaired) electrons. The number of alkyl halides is 3. The normalized spacial score (nSPS) is 27.9. The van der Waals surface area contributed by atoms with Crippen LogP contribution in [0.4, 0.5) is 13.2 Å². The molecule has 3 heterocycles. The molecular weight excluding hydrogens is 307 g/mol. The second-order valence-electron chi connectivity index (χ2n) is 5.41. The number of nitrogens with zero attached hydrogens (tertiary/aromatic N) is 2. The van der Waals surface area contributed by atoms with Gasteiger partial charge in [0.1, 0.15) is 5.69 Å². The predicted octanol–water partition coefficient (Wildman–Crippen LogP) is 2.19. The molecule has 0 saturated carbocycles. The van der Waals surface area contributed by atoms with Crippen LogP contribution in [0.3, 0.4) is 0 Å². The van der Waals surface area contributed by atoms with Crippen LogP contribution in [0.15, 0.2) is 12.1 Å². The highest BCUT2D eigenvalue weighted by atomic mass is 35.5. The fourth-order valence-corrected chi connectivity index (χ4v) is 3.17. The first-order chi connectivity index (χ1) is 9.84. The van der Waals surface area contributed by atoms with Crippen molar-refractivity contribution in [2.24, 2.45) is 5.92 Å². The summed E-state index contributed by atoms with van der Waals surface area (Å²) in [6, 6.07) is 2.25.